The molecule has 0 spiro atoms. The van der Waals surface area contributed by atoms with Crippen molar-refractivity contribution in [3.8, 4) is 11.8 Å². The van der Waals surface area contributed by atoms with Gasteiger partial charge in [0.2, 0.25) is 0 Å². The van der Waals surface area contributed by atoms with E-state index < -0.39 is 0 Å². The Morgan fingerprint density at radius 2 is 2.25 bits per heavy atom. The van der Waals surface area contributed by atoms with Gasteiger partial charge in [-0.1, -0.05) is 30.0 Å². The molecule has 5 heteroatoms. The van der Waals surface area contributed by atoms with E-state index in [4.69, 9.17) is 5.11 Å². The number of aromatic nitrogens is 2. The third-order valence-electron chi connectivity index (χ3n) is 2.68. The second-order valence-corrected chi connectivity index (χ2v) is 4.10. The van der Waals surface area contributed by atoms with Crippen LogP contribution >= 0.6 is 0 Å². The Morgan fingerprint density at radius 1 is 1.40 bits per heavy atom. The van der Waals surface area contributed by atoms with Crippen molar-refractivity contribution in [1.82, 2.24) is 15.5 Å². The molecule has 102 valence electrons. The van der Waals surface area contributed by atoms with Gasteiger partial charge >= 0.3 is 0 Å². The number of aliphatic hydroxyl groups excluding tert-OH is 1. The second-order valence-electron chi connectivity index (χ2n) is 4.10. The third kappa shape index (κ3) is 3.70. The number of aliphatic hydroxyl groups is 1. The van der Waals surface area contributed by atoms with Gasteiger partial charge in [-0.3, -0.25) is 9.89 Å². The molecule has 1 amide bonds. The van der Waals surface area contributed by atoms with Gasteiger partial charge in [0.1, 0.15) is 0 Å². The number of carbonyl (C=O) groups is 1. The first kappa shape index (κ1) is 13.8. The summed E-state index contributed by atoms with van der Waals surface area (Å²) in [5.74, 6) is 5.69. The maximum absolute atomic E-state index is 11.8. The van der Waals surface area contributed by atoms with E-state index >= 15 is 0 Å². The average Bonchev–Trinajstić information content (AvgIpc) is 3.00. The Morgan fingerprint density at radius 3 is 3.00 bits per heavy atom. The number of aromatic amines is 1. The molecule has 0 radical (unpaired) electrons. The molecular weight excluding hydrogens is 254 g/mol. The van der Waals surface area contributed by atoms with Gasteiger partial charge in [0.25, 0.3) is 5.91 Å². The predicted molar refractivity (Wildman–Crippen MR) is 74.8 cm³/mol. The van der Waals surface area contributed by atoms with Crippen LogP contribution in [0.3, 0.4) is 0 Å². The minimum atomic E-state index is -0.183. The fraction of sp³-hybridized carbons (Fsp3) is 0.200. The van der Waals surface area contributed by atoms with Crippen molar-refractivity contribution in [2.24, 2.45) is 0 Å². The van der Waals surface area contributed by atoms with E-state index in [-0.39, 0.29) is 12.5 Å². The smallest absolute Gasteiger partial charge is 0.254 e. The second kappa shape index (κ2) is 7.12. The molecule has 0 bridgehead atoms. The summed E-state index contributed by atoms with van der Waals surface area (Å²) < 4.78 is 0. The van der Waals surface area contributed by atoms with Crippen molar-refractivity contribution in [1.29, 1.82) is 0 Å². The van der Waals surface area contributed by atoms with Gasteiger partial charge in [0.15, 0.2) is 0 Å². The molecule has 2 aromatic rings. The SMILES string of the molecule is O=C(NCc1ccccc1C#CCCO)c1cn[nH]c1. The molecule has 1 aromatic carbocycles. The summed E-state index contributed by atoms with van der Waals surface area (Å²) in [6.07, 6.45) is 3.46. The molecule has 1 aromatic heterocycles. The molecular formula is C15H15N3O2. The van der Waals surface area contributed by atoms with Crippen molar-refractivity contribution < 1.29 is 9.90 Å². The van der Waals surface area contributed by atoms with Crippen LogP contribution in [0.25, 0.3) is 0 Å². The van der Waals surface area contributed by atoms with Crippen LogP contribution in [-0.2, 0) is 6.54 Å². The lowest BCUT2D eigenvalue weighted by molar-refractivity contribution is 0.0951. The monoisotopic (exact) mass is 269 g/mol. The van der Waals surface area contributed by atoms with E-state index in [1.807, 2.05) is 24.3 Å². The van der Waals surface area contributed by atoms with Crippen molar-refractivity contribution in [2.75, 3.05) is 6.61 Å². The van der Waals surface area contributed by atoms with Gasteiger partial charge in [-0.05, 0) is 11.6 Å². The summed E-state index contributed by atoms with van der Waals surface area (Å²) in [7, 11) is 0. The number of nitrogens with one attached hydrogen (secondary N) is 2. The molecule has 0 saturated carbocycles. The van der Waals surface area contributed by atoms with Crippen LogP contribution in [-0.4, -0.2) is 27.8 Å². The minimum Gasteiger partial charge on any atom is -0.395 e. The Hall–Kier alpha value is -2.58. The van der Waals surface area contributed by atoms with Crippen molar-refractivity contribution in [2.45, 2.75) is 13.0 Å². The van der Waals surface area contributed by atoms with Gasteiger partial charge in [0.05, 0.1) is 18.4 Å². The standard InChI is InChI=1S/C15H15N3O2/c19-8-4-3-6-12-5-1-2-7-13(12)9-16-15(20)14-10-17-18-11-14/h1-2,5,7,10-11,19H,4,8-9H2,(H,16,20)(H,17,18). The highest BCUT2D eigenvalue weighted by Crippen LogP contribution is 2.07. The Kier molecular flexibility index (Phi) is 4.93. The number of H-pyrrole nitrogens is 1. The molecule has 0 aliphatic rings. The summed E-state index contributed by atoms with van der Waals surface area (Å²) in [6, 6.07) is 7.60. The molecule has 0 atom stereocenters. The zero-order chi connectivity index (χ0) is 14.2. The number of hydrogen-bond acceptors (Lipinski definition) is 3. The Labute approximate surface area is 117 Å². The summed E-state index contributed by atoms with van der Waals surface area (Å²) in [5, 5.41) is 17.9. The highest BCUT2D eigenvalue weighted by atomic mass is 16.2. The van der Waals surface area contributed by atoms with Crippen molar-refractivity contribution >= 4 is 5.91 Å². The molecule has 0 unspecified atom stereocenters. The fourth-order valence-corrected chi connectivity index (χ4v) is 1.66. The van der Waals surface area contributed by atoms with Crippen LogP contribution < -0.4 is 5.32 Å². The van der Waals surface area contributed by atoms with E-state index in [1.54, 1.807) is 6.20 Å². The quantitative estimate of drug-likeness (QED) is 0.727. The number of hydrogen-bond donors (Lipinski definition) is 3. The van der Waals surface area contributed by atoms with Gasteiger partial charge in [0, 0.05) is 24.7 Å². The van der Waals surface area contributed by atoms with E-state index in [9.17, 15) is 4.79 Å². The third-order valence-corrected chi connectivity index (χ3v) is 2.68. The van der Waals surface area contributed by atoms with Crippen LogP contribution in [0.2, 0.25) is 0 Å². The summed E-state index contributed by atoms with van der Waals surface area (Å²) in [4.78, 5) is 11.8. The largest absolute Gasteiger partial charge is 0.395 e. The van der Waals surface area contributed by atoms with E-state index in [1.165, 1.54) is 6.20 Å². The molecule has 0 saturated heterocycles. The molecule has 2 rings (SSSR count). The average molecular weight is 269 g/mol. The van der Waals surface area contributed by atoms with E-state index in [0.717, 1.165) is 11.1 Å². The fourth-order valence-electron chi connectivity index (χ4n) is 1.66. The predicted octanol–water partition coefficient (Wildman–Crippen LogP) is 1.07. The molecule has 0 fully saturated rings. The topological polar surface area (TPSA) is 78.0 Å². The highest BCUT2D eigenvalue weighted by molar-refractivity contribution is 5.93. The Bertz CT molecular complexity index is 624. The zero-order valence-corrected chi connectivity index (χ0v) is 10.9. The summed E-state index contributed by atoms with van der Waals surface area (Å²) >= 11 is 0. The molecule has 5 nitrogen and oxygen atoms in total. The number of nitrogens with zero attached hydrogens (tertiary/aromatic N) is 1. The van der Waals surface area contributed by atoms with E-state index in [2.05, 4.69) is 27.4 Å². The summed E-state index contributed by atoms with van der Waals surface area (Å²) in [6.45, 7) is 0.445. The van der Waals surface area contributed by atoms with Gasteiger partial charge < -0.3 is 10.4 Å². The summed E-state index contributed by atoms with van der Waals surface area (Å²) in [5.41, 5.74) is 2.29. The maximum atomic E-state index is 11.8. The van der Waals surface area contributed by atoms with Crippen molar-refractivity contribution in [3.63, 3.8) is 0 Å². The normalized spacial score (nSPS) is 9.65. The highest BCUT2D eigenvalue weighted by Gasteiger charge is 2.07. The molecule has 3 N–H and O–H groups in total. The molecule has 0 aliphatic heterocycles. The number of benzene rings is 1. The van der Waals surface area contributed by atoms with Gasteiger partial charge in [-0.2, -0.15) is 5.10 Å². The number of carbonyl (C=O) groups excluding carboxylic acids is 1. The number of rotatable bonds is 4. The maximum Gasteiger partial charge on any atom is 0.254 e. The van der Waals surface area contributed by atoms with Crippen molar-refractivity contribution in [3.05, 3.63) is 53.3 Å². The number of amides is 1. The first-order valence-corrected chi connectivity index (χ1v) is 6.26. The Balaban J connectivity index is 2.03. The lowest BCUT2D eigenvalue weighted by atomic mass is 10.1. The minimum absolute atomic E-state index is 0.0480. The van der Waals surface area contributed by atoms with Gasteiger partial charge in [-0.15, -0.1) is 0 Å². The first-order chi connectivity index (χ1) is 9.81. The van der Waals surface area contributed by atoms with Crippen LogP contribution in [0.1, 0.15) is 27.9 Å². The van der Waals surface area contributed by atoms with Gasteiger partial charge in [-0.25, -0.2) is 0 Å². The first-order valence-electron chi connectivity index (χ1n) is 6.26. The zero-order valence-electron chi connectivity index (χ0n) is 10.9. The van der Waals surface area contributed by atoms with Crippen LogP contribution in [0.5, 0.6) is 0 Å². The lowest BCUT2D eigenvalue weighted by Crippen LogP contribution is -2.22. The van der Waals surface area contributed by atoms with Crippen LogP contribution in [0.4, 0.5) is 0 Å². The molecule has 1 heterocycles. The lowest BCUT2D eigenvalue weighted by Gasteiger charge is -2.06. The van der Waals surface area contributed by atoms with E-state index in [0.29, 0.717) is 18.5 Å². The molecule has 20 heavy (non-hydrogen) atoms. The van der Waals surface area contributed by atoms with Crippen LogP contribution in [0.15, 0.2) is 36.7 Å². The molecule has 0 aliphatic carbocycles. The van der Waals surface area contributed by atoms with Crippen LogP contribution in [0, 0.1) is 11.8 Å².